The van der Waals surface area contributed by atoms with Gasteiger partial charge < -0.3 is 10.0 Å². The van der Waals surface area contributed by atoms with Crippen molar-refractivity contribution in [2.24, 2.45) is 5.92 Å². The van der Waals surface area contributed by atoms with E-state index in [-0.39, 0.29) is 31.2 Å². The van der Waals surface area contributed by atoms with Gasteiger partial charge in [0.05, 0.1) is 0 Å². The third-order valence-electron chi connectivity index (χ3n) is 4.43. The van der Waals surface area contributed by atoms with E-state index in [2.05, 4.69) is 12.8 Å². The van der Waals surface area contributed by atoms with Crippen LogP contribution in [0.2, 0.25) is 0 Å². The molecule has 0 saturated carbocycles. The molecule has 1 aliphatic rings. The van der Waals surface area contributed by atoms with E-state index < -0.39 is 29.5 Å². The summed E-state index contributed by atoms with van der Waals surface area (Å²) in [6.07, 6.45) is 0.560. The molecule has 1 fully saturated rings. The van der Waals surface area contributed by atoms with Crippen molar-refractivity contribution in [2.75, 3.05) is 13.6 Å². The maximum absolute atomic E-state index is 12.3. The van der Waals surface area contributed by atoms with Gasteiger partial charge >= 0.3 is 12.0 Å². The van der Waals surface area contributed by atoms with E-state index in [1.54, 1.807) is 20.9 Å². The molecule has 1 N–H and O–H groups in total. The van der Waals surface area contributed by atoms with Crippen molar-refractivity contribution in [1.29, 1.82) is 0 Å². The maximum Gasteiger partial charge on any atom is 0.327 e. The molecule has 4 amide bonds. The van der Waals surface area contributed by atoms with Crippen LogP contribution in [0.1, 0.15) is 47.0 Å². The van der Waals surface area contributed by atoms with Gasteiger partial charge in [-0.1, -0.05) is 26.7 Å². The molecular weight excluding hydrogens is 346 g/mol. The first-order valence-corrected chi connectivity index (χ1v) is 8.64. The Morgan fingerprint density at radius 3 is 2.24 bits per heavy atom. The molecule has 0 aromatic rings. The van der Waals surface area contributed by atoms with Crippen molar-refractivity contribution in [3.8, 4) is 0 Å². The minimum atomic E-state index is -1.11. The lowest BCUT2D eigenvalue weighted by Gasteiger charge is -2.25. The van der Waals surface area contributed by atoms with E-state index in [9.17, 15) is 24.3 Å². The fourth-order valence-electron chi connectivity index (χ4n) is 2.61. The molecule has 1 heterocycles. The highest BCUT2D eigenvalue weighted by molar-refractivity contribution is 7.78. The average molecular weight is 373 g/mol. The Labute approximate surface area is 153 Å². The van der Waals surface area contributed by atoms with Gasteiger partial charge in [-0.25, -0.2) is 9.59 Å². The molecular formula is C16H27N3O5S. The number of nitrogens with zero attached hydrogens (tertiary/aromatic N) is 3. The Bertz CT molecular complexity index is 564. The van der Waals surface area contributed by atoms with Crippen molar-refractivity contribution in [3.63, 3.8) is 0 Å². The molecule has 1 aliphatic heterocycles. The second-order valence-electron chi connectivity index (χ2n) is 7.18. The summed E-state index contributed by atoms with van der Waals surface area (Å²) in [7, 11) is 1.56. The standard InChI is InChI=1S/C16H27N3O5S/c1-10(2)9-11(13(21)22)19(25)12(20)7-6-8-18-14(23)16(3,4)17(5)15(18)24/h10-11,25H,6-9H2,1-5H3,(H,21,22)/t11-/m0/s1. The van der Waals surface area contributed by atoms with Crippen molar-refractivity contribution in [3.05, 3.63) is 0 Å². The summed E-state index contributed by atoms with van der Waals surface area (Å²) in [5, 5.41) is 9.25. The predicted molar refractivity (Wildman–Crippen MR) is 94.9 cm³/mol. The normalized spacial score (nSPS) is 18.0. The van der Waals surface area contributed by atoms with Gasteiger partial charge in [0.1, 0.15) is 11.6 Å². The molecule has 0 bridgehead atoms. The molecule has 0 aromatic heterocycles. The highest BCUT2D eigenvalue weighted by atomic mass is 32.1. The first-order valence-electron chi connectivity index (χ1n) is 8.24. The first-order chi connectivity index (χ1) is 11.4. The number of imide groups is 1. The number of carboxylic acids is 1. The molecule has 0 aromatic carbocycles. The summed E-state index contributed by atoms with van der Waals surface area (Å²) in [4.78, 5) is 50.3. The molecule has 0 unspecified atom stereocenters. The van der Waals surface area contributed by atoms with Crippen molar-refractivity contribution >= 4 is 36.6 Å². The van der Waals surface area contributed by atoms with E-state index in [4.69, 9.17) is 0 Å². The monoisotopic (exact) mass is 373 g/mol. The number of carbonyl (C=O) groups is 4. The molecule has 1 atom stereocenters. The van der Waals surface area contributed by atoms with Gasteiger partial charge in [-0.2, -0.15) is 0 Å². The number of carbonyl (C=O) groups excluding carboxylic acids is 3. The molecule has 9 heteroatoms. The quantitative estimate of drug-likeness (QED) is 0.498. The number of carboxylic acid groups (broad SMARTS) is 1. The summed E-state index contributed by atoms with van der Waals surface area (Å²) in [5.74, 6) is -1.76. The van der Waals surface area contributed by atoms with E-state index in [1.165, 1.54) is 4.90 Å². The van der Waals surface area contributed by atoms with Crippen LogP contribution in [0.25, 0.3) is 0 Å². The molecule has 142 valence electrons. The summed E-state index contributed by atoms with van der Waals surface area (Å²) >= 11 is 4.04. The van der Waals surface area contributed by atoms with E-state index in [0.29, 0.717) is 6.42 Å². The number of amides is 4. The second kappa shape index (κ2) is 8.07. The number of thiol groups is 1. The Morgan fingerprint density at radius 1 is 1.28 bits per heavy atom. The highest BCUT2D eigenvalue weighted by Gasteiger charge is 2.48. The Kier molecular flexibility index (Phi) is 6.87. The van der Waals surface area contributed by atoms with Gasteiger partial charge in [0.15, 0.2) is 0 Å². The number of rotatable bonds is 8. The van der Waals surface area contributed by atoms with E-state index >= 15 is 0 Å². The summed E-state index contributed by atoms with van der Waals surface area (Å²) in [6, 6.07) is -1.40. The van der Waals surface area contributed by atoms with Gasteiger partial charge in [0.25, 0.3) is 5.91 Å². The second-order valence-corrected chi connectivity index (χ2v) is 7.61. The van der Waals surface area contributed by atoms with Crippen LogP contribution in [-0.4, -0.2) is 68.2 Å². The van der Waals surface area contributed by atoms with Crippen molar-refractivity contribution < 1.29 is 24.3 Å². The smallest absolute Gasteiger partial charge is 0.327 e. The van der Waals surface area contributed by atoms with Gasteiger partial charge in [-0.15, -0.1) is 0 Å². The lowest BCUT2D eigenvalue weighted by Crippen LogP contribution is -2.41. The molecule has 0 spiro atoms. The van der Waals surface area contributed by atoms with Crippen LogP contribution >= 0.6 is 12.8 Å². The zero-order valence-electron chi connectivity index (χ0n) is 15.4. The SMILES string of the molecule is CC(C)C[C@@H](C(=O)O)N(S)C(=O)CCCN1C(=O)N(C)C(C)(C)C1=O. The van der Waals surface area contributed by atoms with Crippen LogP contribution in [0, 0.1) is 5.92 Å². The van der Waals surface area contributed by atoms with Crippen LogP contribution in [0.4, 0.5) is 4.79 Å². The lowest BCUT2D eigenvalue weighted by molar-refractivity contribution is -0.146. The zero-order valence-corrected chi connectivity index (χ0v) is 16.2. The topological polar surface area (TPSA) is 98.2 Å². The molecule has 0 aliphatic carbocycles. The van der Waals surface area contributed by atoms with E-state index in [1.807, 2.05) is 13.8 Å². The fraction of sp³-hybridized carbons (Fsp3) is 0.750. The maximum atomic E-state index is 12.3. The van der Waals surface area contributed by atoms with Crippen LogP contribution in [0.15, 0.2) is 0 Å². The zero-order chi connectivity index (χ0) is 19.5. The highest BCUT2D eigenvalue weighted by Crippen LogP contribution is 2.26. The lowest BCUT2D eigenvalue weighted by atomic mass is 10.0. The van der Waals surface area contributed by atoms with Gasteiger partial charge in [0, 0.05) is 20.0 Å². The predicted octanol–water partition coefficient (Wildman–Crippen LogP) is 1.61. The average Bonchev–Trinajstić information content (AvgIpc) is 2.66. The number of urea groups is 1. The number of hydrogen-bond acceptors (Lipinski definition) is 5. The molecule has 1 saturated heterocycles. The van der Waals surface area contributed by atoms with Gasteiger partial charge in [0.2, 0.25) is 5.91 Å². The summed E-state index contributed by atoms with van der Waals surface area (Å²) in [5.41, 5.74) is -0.900. The largest absolute Gasteiger partial charge is 0.480 e. The van der Waals surface area contributed by atoms with Crippen molar-refractivity contribution in [2.45, 2.75) is 58.5 Å². The Morgan fingerprint density at radius 2 is 1.84 bits per heavy atom. The minimum absolute atomic E-state index is 0.00653. The molecule has 25 heavy (non-hydrogen) atoms. The third-order valence-corrected chi connectivity index (χ3v) is 4.93. The van der Waals surface area contributed by atoms with Crippen LogP contribution in [0.5, 0.6) is 0 Å². The van der Waals surface area contributed by atoms with Crippen molar-refractivity contribution in [1.82, 2.24) is 14.1 Å². The Balaban J connectivity index is 2.61. The molecule has 8 nitrogen and oxygen atoms in total. The minimum Gasteiger partial charge on any atom is -0.480 e. The summed E-state index contributed by atoms with van der Waals surface area (Å²) in [6.45, 7) is 7.17. The number of aliphatic carboxylic acids is 1. The summed E-state index contributed by atoms with van der Waals surface area (Å²) < 4.78 is 0.937. The van der Waals surface area contributed by atoms with Crippen LogP contribution < -0.4 is 0 Å². The van der Waals surface area contributed by atoms with Gasteiger partial charge in [-0.05, 0) is 32.6 Å². The number of likely N-dealkylation sites (N-methyl/N-ethyl adjacent to an activating group) is 1. The Hall–Kier alpha value is -1.77. The molecule has 0 radical (unpaired) electrons. The molecule has 1 rings (SSSR count). The van der Waals surface area contributed by atoms with Crippen LogP contribution in [0.3, 0.4) is 0 Å². The first kappa shape index (κ1) is 21.3. The van der Waals surface area contributed by atoms with Gasteiger partial charge in [-0.3, -0.25) is 18.8 Å². The van der Waals surface area contributed by atoms with Crippen LogP contribution in [-0.2, 0) is 14.4 Å². The fourth-order valence-corrected chi connectivity index (χ4v) is 2.90. The number of hydrogen-bond donors (Lipinski definition) is 2. The van der Waals surface area contributed by atoms with E-state index in [0.717, 1.165) is 9.21 Å². The third kappa shape index (κ3) is 4.65.